The molecule has 2 N–H and O–H groups in total. The predicted octanol–water partition coefficient (Wildman–Crippen LogP) is 4.04. The molecule has 0 spiro atoms. The van der Waals surface area contributed by atoms with Crippen molar-refractivity contribution in [3.05, 3.63) is 89.9 Å². The minimum Gasteiger partial charge on any atom is -0.459 e. The Bertz CT molecular complexity index is 1010. The maximum atomic E-state index is 12.1. The van der Waals surface area contributed by atoms with E-state index in [0.29, 0.717) is 12.3 Å². The Morgan fingerprint density at radius 3 is 2.30 bits per heavy atom. The summed E-state index contributed by atoms with van der Waals surface area (Å²) in [6.07, 6.45) is 1.49. The number of halogens is 1. The molecule has 1 aliphatic rings. The molecule has 4 rings (SSSR count). The highest BCUT2D eigenvalue weighted by atomic mass is 127. The number of aliphatic imine (C=N–C) groups is 1. The minimum atomic E-state index is -0.257. The van der Waals surface area contributed by atoms with Crippen LogP contribution in [0.2, 0.25) is 0 Å². The molecule has 1 aromatic heterocycles. The first-order valence-electron chi connectivity index (χ1n) is 10.9. The molecule has 0 aliphatic carbocycles. The monoisotopic (exact) mass is 559 g/mol. The van der Waals surface area contributed by atoms with Gasteiger partial charge in [0, 0.05) is 52.0 Å². The molecule has 1 saturated heterocycles. The number of anilines is 1. The van der Waals surface area contributed by atoms with Crippen molar-refractivity contribution in [3.63, 3.8) is 0 Å². The summed E-state index contributed by atoms with van der Waals surface area (Å²) in [7, 11) is 1.83. The molecule has 0 atom stereocenters. The summed E-state index contributed by atoms with van der Waals surface area (Å²) in [5.41, 5.74) is 3.20. The fourth-order valence-electron chi connectivity index (χ4n) is 3.78. The summed E-state index contributed by atoms with van der Waals surface area (Å²) in [5.74, 6) is 0.954. The average molecular weight is 559 g/mol. The number of furan rings is 1. The second-order valence-electron chi connectivity index (χ2n) is 7.78. The second-order valence-corrected chi connectivity index (χ2v) is 7.78. The summed E-state index contributed by atoms with van der Waals surface area (Å²) in [5, 5.41) is 6.29. The Kier molecular flexibility index (Phi) is 9.32. The summed E-state index contributed by atoms with van der Waals surface area (Å²) >= 11 is 0. The van der Waals surface area contributed by atoms with Gasteiger partial charge in [-0.25, -0.2) is 0 Å². The quantitative estimate of drug-likeness (QED) is 0.271. The van der Waals surface area contributed by atoms with Crippen LogP contribution < -0.4 is 10.6 Å². The molecular formula is C25H30IN5O2. The lowest BCUT2D eigenvalue weighted by molar-refractivity contribution is 0.0996. The minimum absolute atomic E-state index is 0. The third-order valence-corrected chi connectivity index (χ3v) is 5.54. The molecule has 3 aromatic rings. The number of carbonyl (C=O) groups excluding carboxylic acids is 1. The lowest BCUT2D eigenvalue weighted by Gasteiger charge is -2.36. The van der Waals surface area contributed by atoms with Crippen molar-refractivity contribution in [1.29, 1.82) is 0 Å². The Hall–Kier alpha value is -2.85. The number of nitrogens with one attached hydrogen (secondary N) is 2. The van der Waals surface area contributed by atoms with Gasteiger partial charge in [-0.3, -0.25) is 14.7 Å². The lowest BCUT2D eigenvalue weighted by atomic mass is 10.2. The van der Waals surface area contributed by atoms with E-state index in [9.17, 15) is 4.79 Å². The zero-order valence-corrected chi connectivity index (χ0v) is 21.1. The zero-order valence-electron chi connectivity index (χ0n) is 18.7. The van der Waals surface area contributed by atoms with Crippen LogP contribution in [-0.2, 0) is 13.1 Å². The van der Waals surface area contributed by atoms with Gasteiger partial charge in [-0.05, 0) is 35.4 Å². The number of guanidine groups is 1. The number of rotatable bonds is 6. The first-order valence-corrected chi connectivity index (χ1v) is 10.9. The molecule has 8 heteroatoms. The van der Waals surface area contributed by atoms with Crippen LogP contribution >= 0.6 is 24.0 Å². The van der Waals surface area contributed by atoms with Crippen LogP contribution in [0.5, 0.6) is 0 Å². The van der Waals surface area contributed by atoms with E-state index in [0.717, 1.165) is 49.9 Å². The highest BCUT2D eigenvalue weighted by molar-refractivity contribution is 14.0. The Morgan fingerprint density at radius 1 is 0.939 bits per heavy atom. The van der Waals surface area contributed by atoms with Gasteiger partial charge in [0.2, 0.25) is 0 Å². The van der Waals surface area contributed by atoms with Crippen molar-refractivity contribution in [2.24, 2.45) is 4.99 Å². The Morgan fingerprint density at radius 2 is 1.67 bits per heavy atom. The Labute approximate surface area is 211 Å². The van der Waals surface area contributed by atoms with Crippen LogP contribution in [0.15, 0.2) is 82.4 Å². The molecule has 0 radical (unpaired) electrons. The first-order chi connectivity index (χ1) is 15.7. The summed E-state index contributed by atoms with van der Waals surface area (Å²) in [6, 6.07) is 21.7. The molecule has 0 saturated carbocycles. The number of hydrogen-bond donors (Lipinski definition) is 2. The fraction of sp³-hybridized carbons (Fsp3) is 0.280. The molecule has 0 unspecified atom stereocenters. The topological polar surface area (TPSA) is 73.1 Å². The third-order valence-electron chi connectivity index (χ3n) is 5.54. The summed E-state index contributed by atoms with van der Waals surface area (Å²) in [4.78, 5) is 21.3. The number of hydrogen-bond acceptors (Lipinski definition) is 4. The van der Waals surface area contributed by atoms with Crippen molar-refractivity contribution in [2.45, 2.75) is 13.1 Å². The highest BCUT2D eigenvalue weighted by Crippen LogP contribution is 2.13. The smallest absolute Gasteiger partial charge is 0.291 e. The highest BCUT2D eigenvalue weighted by Gasteiger charge is 2.19. The molecule has 7 nitrogen and oxygen atoms in total. The van der Waals surface area contributed by atoms with E-state index in [-0.39, 0.29) is 29.9 Å². The molecule has 2 aromatic carbocycles. The largest absolute Gasteiger partial charge is 0.459 e. The van der Waals surface area contributed by atoms with E-state index in [2.05, 4.69) is 55.8 Å². The van der Waals surface area contributed by atoms with Gasteiger partial charge in [-0.2, -0.15) is 0 Å². The lowest BCUT2D eigenvalue weighted by Crippen LogP contribution is -2.52. The van der Waals surface area contributed by atoms with Gasteiger partial charge in [0.1, 0.15) is 0 Å². The van der Waals surface area contributed by atoms with E-state index < -0.39 is 0 Å². The van der Waals surface area contributed by atoms with Gasteiger partial charge < -0.3 is 20.0 Å². The van der Waals surface area contributed by atoms with Crippen LogP contribution in [-0.4, -0.2) is 54.9 Å². The van der Waals surface area contributed by atoms with Crippen molar-refractivity contribution in [3.8, 4) is 0 Å². The SMILES string of the molecule is CN=C(NCc1ccc(NC(=O)c2ccco2)cc1)N1CCN(Cc2ccccc2)CC1.I. The van der Waals surface area contributed by atoms with E-state index in [1.54, 1.807) is 12.1 Å². The van der Waals surface area contributed by atoms with E-state index >= 15 is 0 Å². The summed E-state index contributed by atoms with van der Waals surface area (Å²) in [6.45, 7) is 5.58. The molecule has 174 valence electrons. The maximum Gasteiger partial charge on any atom is 0.291 e. The number of carbonyl (C=O) groups is 1. The number of amides is 1. The zero-order chi connectivity index (χ0) is 22.2. The molecule has 33 heavy (non-hydrogen) atoms. The van der Waals surface area contributed by atoms with Crippen molar-refractivity contribution in [2.75, 3.05) is 38.5 Å². The van der Waals surface area contributed by atoms with Crippen molar-refractivity contribution >= 4 is 41.5 Å². The van der Waals surface area contributed by atoms with Gasteiger partial charge in [-0.1, -0.05) is 42.5 Å². The number of piperazine rings is 1. The standard InChI is InChI=1S/C25H29N5O2.HI/c1-26-25(30-15-13-29(14-16-30)19-21-6-3-2-4-7-21)27-18-20-9-11-22(12-10-20)28-24(31)23-8-5-17-32-23;/h2-12,17H,13-16,18-19H2,1H3,(H,26,27)(H,28,31);1H. The van der Waals surface area contributed by atoms with Crippen LogP contribution in [0.4, 0.5) is 5.69 Å². The number of benzene rings is 2. The second kappa shape index (κ2) is 12.4. The first kappa shape index (κ1) is 24.8. The van der Waals surface area contributed by atoms with Crippen molar-refractivity contribution in [1.82, 2.24) is 15.1 Å². The molecule has 2 heterocycles. The number of nitrogens with zero attached hydrogens (tertiary/aromatic N) is 3. The van der Waals surface area contributed by atoms with Gasteiger partial charge >= 0.3 is 0 Å². The Balaban J connectivity index is 0.00000306. The van der Waals surface area contributed by atoms with Crippen LogP contribution in [0, 0.1) is 0 Å². The fourth-order valence-corrected chi connectivity index (χ4v) is 3.78. The third kappa shape index (κ3) is 7.06. The molecule has 1 amide bonds. The predicted molar refractivity (Wildman–Crippen MR) is 142 cm³/mol. The summed E-state index contributed by atoms with van der Waals surface area (Å²) < 4.78 is 5.12. The van der Waals surface area contributed by atoms with Gasteiger partial charge in [0.25, 0.3) is 5.91 Å². The average Bonchev–Trinajstić information content (AvgIpc) is 3.37. The van der Waals surface area contributed by atoms with E-state index in [4.69, 9.17) is 4.42 Å². The molecular weight excluding hydrogens is 529 g/mol. The van der Waals surface area contributed by atoms with E-state index in [1.165, 1.54) is 11.8 Å². The van der Waals surface area contributed by atoms with Gasteiger partial charge in [-0.15, -0.1) is 24.0 Å². The van der Waals surface area contributed by atoms with Crippen LogP contribution in [0.3, 0.4) is 0 Å². The maximum absolute atomic E-state index is 12.1. The van der Waals surface area contributed by atoms with Gasteiger partial charge in [0.15, 0.2) is 11.7 Å². The molecule has 0 bridgehead atoms. The normalized spacial score (nSPS) is 14.5. The molecule has 1 fully saturated rings. The van der Waals surface area contributed by atoms with Crippen LogP contribution in [0.25, 0.3) is 0 Å². The van der Waals surface area contributed by atoms with Crippen molar-refractivity contribution < 1.29 is 9.21 Å². The van der Waals surface area contributed by atoms with Crippen LogP contribution in [0.1, 0.15) is 21.7 Å². The molecule has 1 aliphatic heterocycles. The van der Waals surface area contributed by atoms with Gasteiger partial charge in [0.05, 0.1) is 6.26 Å². The van der Waals surface area contributed by atoms with E-state index in [1.807, 2.05) is 31.3 Å².